The van der Waals surface area contributed by atoms with Crippen LogP contribution in [0.5, 0.6) is 0 Å². The van der Waals surface area contributed by atoms with Crippen LogP contribution in [0.25, 0.3) is 0 Å². The smallest absolute Gasteiger partial charge is 0.548 e. The van der Waals surface area contributed by atoms with Crippen molar-refractivity contribution in [2.75, 3.05) is 0 Å². The summed E-state index contributed by atoms with van der Waals surface area (Å²) in [4.78, 5) is 22.6. The maximum atomic E-state index is 11.4. The third-order valence-electron chi connectivity index (χ3n) is 1.85. The number of benzene rings is 1. The van der Waals surface area contributed by atoms with Crippen LogP contribution < -0.4 is 34.7 Å². The summed E-state index contributed by atoms with van der Waals surface area (Å²) >= 11 is 1.04. The van der Waals surface area contributed by atoms with E-state index in [1.807, 2.05) is 0 Å². The third-order valence-corrected chi connectivity index (χ3v) is 3.10. The van der Waals surface area contributed by atoms with Crippen molar-refractivity contribution in [3.05, 3.63) is 29.8 Å². The molecule has 1 aromatic rings. The zero-order valence-electron chi connectivity index (χ0n) is 7.52. The molecule has 0 fully saturated rings. The molecule has 0 amide bonds. The number of ketones is 1. The summed E-state index contributed by atoms with van der Waals surface area (Å²) < 4.78 is 0. The van der Waals surface area contributed by atoms with Crippen molar-refractivity contribution in [2.24, 2.45) is 0 Å². The SMILES string of the molecule is O=C([O-])C1Sc2ccccc2C1=O.[Na+]. The van der Waals surface area contributed by atoms with Crippen LogP contribution in [0.2, 0.25) is 0 Å². The Morgan fingerprint density at radius 2 is 2.00 bits per heavy atom. The number of rotatable bonds is 1. The van der Waals surface area contributed by atoms with Gasteiger partial charge in [0, 0.05) is 10.5 Å². The number of hydrogen-bond acceptors (Lipinski definition) is 4. The van der Waals surface area contributed by atoms with Gasteiger partial charge in [0.1, 0.15) is 5.25 Å². The molecule has 0 saturated carbocycles. The van der Waals surface area contributed by atoms with Gasteiger partial charge in [-0.1, -0.05) is 18.2 Å². The monoisotopic (exact) mass is 216 g/mol. The summed E-state index contributed by atoms with van der Waals surface area (Å²) in [6, 6.07) is 6.86. The van der Waals surface area contributed by atoms with Crippen molar-refractivity contribution in [1.82, 2.24) is 0 Å². The van der Waals surface area contributed by atoms with Crippen molar-refractivity contribution in [3.8, 4) is 0 Å². The normalized spacial score (nSPS) is 18.6. The second kappa shape index (κ2) is 4.49. The number of carbonyl (C=O) groups excluding carboxylic acids is 2. The molecule has 1 atom stereocenters. The van der Waals surface area contributed by atoms with E-state index < -0.39 is 11.2 Å². The number of aliphatic carboxylic acids is 1. The summed E-state index contributed by atoms with van der Waals surface area (Å²) in [5.74, 6) is -1.67. The molecule has 1 aromatic carbocycles. The van der Waals surface area contributed by atoms with Gasteiger partial charge in [-0.3, -0.25) is 4.79 Å². The molecule has 0 spiro atoms. The number of fused-ring (bicyclic) bond motifs is 1. The molecule has 3 nitrogen and oxygen atoms in total. The van der Waals surface area contributed by atoms with Crippen molar-refractivity contribution in [1.29, 1.82) is 0 Å². The average molecular weight is 216 g/mol. The molecule has 14 heavy (non-hydrogen) atoms. The van der Waals surface area contributed by atoms with Crippen LogP contribution in [0.1, 0.15) is 10.4 Å². The molecule has 0 saturated heterocycles. The first-order chi connectivity index (χ1) is 6.20. The van der Waals surface area contributed by atoms with Gasteiger partial charge in [0.15, 0.2) is 5.78 Å². The number of carboxylic acids is 1. The van der Waals surface area contributed by atoms with Crippen molar-refractivity contribution in [2.45, 2.75) is 10.1 Å². The molecule has 0 aromatic heterocycles. The summed E-state index contributed by atoms with van der Waals surface area (Å²) in [6.45, 7) is 0. The number of Topliss-reactive ketones (excluding diaryl/α,β-unsaturated/α-hetero) is 1. The first-order valence-corrected chi connectivity index (χ1v) is 4.59. The van der Waals surface area contributed by atoms with Crippen LogP contribution in [0, 0.1) is 0 Å². The van der Waals surface area contributed by atoms with E-state index in [4.69, 9.17) is 0 Å². The summed E-state index contributed by atoms with van der Waals surface area (Å²) in [6.07, 6.45) is 0. The van der Waals surface area contributed by atoms with Gasteiger partial charge in [0.2, 0.25) is 0 Å². The van der Waals surface area contributed by atoms with Gasteiger partial charge in [-0.25, -0.2) is 0 Å². The van der Waals surface area contributed by atoms with E-state index in [0.717, 1.165) is 16.7 Å². The molecule has 0 bridgehead atoms. The predicted molar refractivity (Wildman–Crippen MR) is 45.4 cm³/mol. The topological polar surface area (TPSA) is 57.2 Å². The van der Waals surface area contributed by atoms with Gasteiger partial charge in [-0.2, -0.15) is 0 Å². The molecule has 0 radical (unpaired) electrons. The van der Waals surface area contributed by atoms with E-state index in [9.17, 15) is 14.7 Å². The molecule has 0 N–H and O–H groups in total. The number of thioether (sulfide) groups is 1. The summed E-state index contributed by atoms with van der Waals surface area (Å²) in [7, 11) is 0. The molecular weight excluding hydrogens is 211 g/mol. The minimum atomic E-state index is -1.31. The fourth-order valence-electron chi connectivity index (χ4n) is 1.25. The van der Waals surface area contributed by atoms with Crippen LogP contribution in [0.15, 0.2) is 29.2 Å². The molecular formula is C9H5NaO3S. The first kappa shape index (κ1) is 11.8. The number of hydrogen-bond donors (Lipinski definition) is 0. The van der Waals surface area contributed by atoms with Crippen molar-refractivity contribution >= 4 is 23.5 Å². The van der Waals surface area contributed by atoms with E-state index in [0.29, 0.717) is 5.56 Å². The molecule has 2 rings (SSSR count). The zero-order chi connectivity index (χ0) is 9.42. The van der Waals surface area contributed by atoms with E-state index in [1.54, 1.807) is 24.3 Å². The predicted octanol–water partition coefficient (Wildman–Crippen LogP) is -2.90. The van der Waals surface area contributed by atoms with Crippen LogP contribution >= 0.6 is 11.8 Å². The minimum absolute atomic E-state index is 0. The quantitative estimate of drug-likeness (QED) is 0.373. The molecule has 5 heteroatoms. The van der Waals surface area contributed by atoms with Crippen molar-refractivity contribution in [3.63, 3.8) is 0 Å². The van der Waals surface area contributed by atoms with Crippen LogP contribution in [0.3, 0.4) is 0 Å². The summed E-state index contributed by atoms with van der Waals surface area (Å²) in [5.41, 5.74) is 0.488. The van der Waals surface area contributed by atoms with Gasteiger partial charge in [0.05, 0.1) is 5.97 Å². The van der Waals surface area contributed by atoms with Gasteiger partial charge < -0.3 is 9.90 Å². The second-order valence-corrected chi connectivity index (χ2v) is 3.82. The molecule has 1 aliphatic heterocycles. The second-order valence-electron chi connectivity index (χ2n) is 2.68. The summed E-state index contributed by atoms with van der Waals surface area (Å²) in [5, 5.41) is 9.47. The van der Waals surface area contributed by atoms with Gasteiger partial charge in [0.25, 0.3) is 0 Å². The van der Waals surface area contributed by atoms with E-state index in [1.165, 1.54) is 0 Å². The van der Waals surface area contributed by atoms with Gasteiger partial charge in [-0.15, -0.1) is 11.8 Å². The molecule has 0 aliphatic carbocycles. The van der Waals surface area contributed by atoms with Crippen molar-refractivity contribution < 1.29 is 44.3 Å². The number of carbonyl (C=O) groups is 2. The fourth-order valence-corrected chi connectivity index (χ4v) is 2.29. The Balaban J connectivity index is 0.000000980. The minimum Gasteiger partial charge on any atom is -0.548 e. The van der Waals surface area contributed by atoms with Crippen LogP contribution in [0.4, 0.5) is 0 Å². The third kappa shape index (κ3) is 1.88. The molecule has 1 unspecified atom stereocenters. The van der Waals surface area contributed by atoms with E-state index in [-0.39, 0.29) is 35.3 Å². The molecule has 1 heterocycles. The Labute approximate surface area is 107 Å². The van der Waals surface area contributed by atoms with Gasteiger partial charge >= 0.3 is 29.6 Å². The Hall–Kier alpha value is -0.290. The zero-order valence-corrected chi connectivity index (χ0v) is 10.3. The van der Waals surface area contributed by atoms with Crippen LogP contribution in [-0.2, 0) is 4.79 Å². The molecule has 1 aliphatic rings. The fraction of sp³-hybridized carbons (Fsp3) is 0.111. The first-order valence-electron chi connectivity index (χ1n) is 3.71. The maximum absolute atomic E-state index is 11.4. The van der Waals surface area contributed by atoms with Crippen LogP contribution in [-0.4, -0.2) is 17.0 Å². The van der Waals surface area contributed by atoms with E-state index >= 15 is 0 Å². The molecule has 66 valence electrons. The Morgan fingerprint density at radius 1 is 1.36 bits per heavy atom. The Morgan fingerprint density at radius 3 is 2.57 bits per heavy atom. The Bertz CT molecular complexity index is 391. The Kier molecular flexibility index (Phi) is 3.78. The van der Waals surface area contributed by atoms with Gasteiger partial charge in [-0.05, 0) is 6.07 Å². The average Bonchev–Trinajstić information content (AvgIpc) is 2.45. The largest absolute Gasteiger partial charge is 1.00 e. The van der Waals surface area contributed by atoms with E-state index in [2.05, 4.69) is 0 Å². The maximum Gasteiger partial charge on any atom is 1.00 e. The number of carboxylic acid groups (broad SMARTS) is 1. The standard InChI is InChI=1S/C9H6O3S.Na/c10-7-5-3-1-2-4-6(5)13-8(7)9(11)12;/h1-4,8H,(H,11,12);/q;+1/p-1.